The number of hydrogen-bond donors (Lipinski definition) is 1. The summed E-state index contributed by atoms with van der Waals surface area (Å²) in [6.07, 6.45) is 0.350. The van der Waals surface area contributed by atoms with Crippen molar-refractivity contribution in [2.45, 2.75) is 39.8 Å². The lowest BCUT2D eigenvalue weighted by molar-refractivity contribution is -0.149. The summed E-state index contributed by atoms with van der Waals surface area (Å²) in [7, 11) is 2.03. The van der Waals surface area contributed by atoms with Crippen LogP contribution in [0.3, 0.4) is 0 Å². The van der Waals surface area contributed by atoms with E-state index in [4.69, 9.17) is 3.07 Å². The highest BCUT2D eigenvalue weighted by molar-refractivity contribution is 14.1. The lowest BCUT2D eigenvalue weighted by Crippen LogP contribution is -2.71. The largest absolute Gasteiger partial charge is 0.316 e. The Hall–Kier alpha value is 0.650. The van der Waals surface area contributed by atoms with E-state index < -0.39 is 0 Å². The Balaban J connectivity index is 2.81. The summed E-state index contributed by atoms with van der Waals surface area (Å²) in [5.41, 5.74) is 0.499. The summed E-state index contributed by atoms with van der Waals surface area (Å²) in [6, 6.07) is 0.546. The van der Waals surface area contributed by atoms with Crippen LogP contribution in [0.4, 0.5) is 0 Å². The van der Waals surface area contributed by atoms with Crippen molar-refractivity contribution in [3.05, 3.63) is 0 Å². The molecule has 0 heterocycles. The summed E-state index contributed by atoms with van der Waals surface area (Å²) >= 11 is 2.01. The molecule has 0 aromatic rings. The molecular weight excluding hydrogens is 265 g/mol. The zero-order chi connectivity index (χ0) is 9.57. The van der Waals surface area contributed by atoms with Gasteiger partial charge in [-0.25, -0.2) is 0 Å². The Labute approximate surface area is 89.1 Å². The molecule has 1 saturated carbocycles. The lowest BCUT2D eigenvalue weighted by Gasteiger charge is -2.62. The molecule has 0 unspecified atom stereocenters. The fourth-order valence-corrected chi connectivity index (χ4v) is 4.41. The fourth-order valence-electron chi connectivity index (χ4n) is 3.10. The Kier molecular flexibility index (Phi) is 2.77. The van der Waals surface area contributed by atoms with Crippen molar-refractivity contribution < 1.29 is 3.07 Å². The normalized spacial score (nSPS) is 37.5. The molecule has 1 N–H and O–H groups in total. The Morgan fingerprint density at radius 2 is 1.58 bits per heavy atom. The highest BCUT2D eigenvalue weighted by atomic mass is 127. The summed E-state index contributed by atoms with van der Waals surface area (Å²) < 4.78 is 5.48. The second kappa shape index (κ2) is 3.10. The van der Waals surface area contributed by atoms with Crippen molar-refractivity contribution in [2.75, 3.05) is 7.05 Å². The average molecular weight is 283 g/mol. The quantitative estimate of drug-likeness (QED) is 0.786. The van der Waals surface area contributed by atoms with E-state index in [-0.39, 0.29) is 10.8 Å². The van der Waals surface area contributed by atoms with Gasteiger partial charge in [-0.3, -0.25) is 0 Å². The first-order valence-electron chi connectivity index (χ1n) is 4.33. The van der Waals surface area contributed by atoms with E-state index in [0.717, 1.165) is 0 Å². The molecule has 72 valence electrons. The predicted molar refractivity (Wildman–Crippen MR) is 59.3 cm³/mol. The van der Waals surface area contributed by atoms with Crippen molar-refractivity contribution in [2.24, 2.45) is 10.8 Å². The third-order valence-electron chi connectivity index (χ3n) is 3.22. The van der Waals surface area contributed by atoms with Crippen molar-refractivity contribution in [1.29, 1.82) is 0 Å². The van der Waals surface area contributed by atoms with Crippen LogP contribution in [0, 0.1) is 10.8 Å². The first-order chi connectivity index (χ1) is 5.39. The van der Waals surface area contributed by atoms with Gasteiger partial charge in [0.2, 0.25) is 0 Å². The molecule has 3 heteroatoms. The molecule has 2 nitrogen and oxygen atoms in total. The zero-order valence-corrected chi connectivity index (χ0v) is 10.6. The number of halogens is 1. The SMILES string of the molecule is CN[C@H]1C(C)(C)[C@H](OI)C1(C)C. The molecule has 0 aromatic carbocycles. The van der Waals surface area contributed by atoms with Crippen LogP contribution < -0.4 is 5.32 Å². The average Bonchev–Trinajstić information content (AvgIpc) is 1.85. The van der Waals surface area contributed by atoms with Crippen molar-refractivity contribution in [3.63, 3.8) is 0 Å². The number of hydrogen-bond acceptors (Lipinski definition) is 2. The van der Waals surface area contributed by atoms with Crippen LogP contribution >= 0.6 is 23.0 Å². The Morgan fingerprint density at radius 3 is 1.83 bits per heavy atom. The van der Waals surface area contributed by atoms with E-state index in [1.54, 1.807) is 0 Å². The molecule has 0 atom stereocenters. The molecule has 0 radical (unpaired) electrons. The van der Waals surface area contributed by atoms with Gasteiger partial charge >= 0.3 is 0 Å². The van der Waals surface area contributed by atoms with Gasteiger partial charge < -0.3 is 8.38 Å². The summed E-state index contributed by atoms with van der Waals surface area (Å²) in [5.74, 6) is 0. The van der Waals surface area contributed by atoms with Gasteiger partial charge in [-0.1, -0.05) is 27.7 Å². The van der Waals surface area contributed by atoms with E-state index in [1.807, 2.05) is 30.1 Å². The van der Waals surface area contributed by atoms with Gasteiger partial charge in [0.1, 0.15) is 23.0 Å². The molecule has 0 aromatic heterocycles. The zero-order valence-electron chi connectivity index (χ0n) is 8.44. The Morgan fingerprint density at radius 1 is 1.17 bits per heavy atom. The van der Waals surface area contributed by atoms with Crippen LogP contribution in [0.5, 0.6) is 0 Å². The van der Waals surface area contributed by atoms with E-state index >= 15 is 0 Å². The Bertz CT molecular complexity index is 147. The van der Waals surface area contributed by atoms with E-state index in [0.29, 0.717) is 12.1 Å². The maximum atomic E-state index is 5.48. The van der Waals surface area contributed by atoms with Gasteiger partial charge in [0.25, 0.3) is 0 Å². The third kappa shape index (κ3) is 1.21. The summed E-state index contributed by atoms with van der Waals surface area (Å²) in [5, 5.41) is 3.36. The molecule has 1 rings (SSSR count). The summed E-state index contributed by atoms with van der Waals surface area (Å²) in [6.45, 7) is 9.01. The summed E-state index contributed by atoms with van der Waals surface area (Å²) in [4.78, 5) is 0. The maximum Gasteiger partial charge on any atom is 0.110 e. The molecule has 0 aliphatic heterocycles. The molecule has 0 bridgehead atoms. The van der Waals surface area contributed by atoms with E-state index in [9.17, 15) is 0 Å². The first kappa shape index (κ1) is 10.7. The standard InChI is InChI=1S/C9H18INO/c1-8(2)6(11-5)9(3,4)7(8)12-10/h6-7,11H,1-5H3/t6-,7-. The maximum absolute atomic E-state index is 5.48. The number of nitrogens with one attached hydrogen (secondary N) is 1. The minimum atomic E-state index is 0.249. The van der Waals surface area contributed by atoms with Crippen LogP contribution in [-0.4, -0.2) is 19.2 Å². The van der Waals surface area contributed by atoms with Gasteiger partial charge in [0.15, 0.2) is 0 Å². The molecular formula is C9H18INO. The fraction of sp³-hybridized carbons (Fsp3) is 1.00. The number of rotatable bonds is 2. The highest BCUT2D eigenvalue weighted by Crippen LogP contribution is 2.55. The van der Waals surface area contributed by atoms with Crippen LogP contribution in [0.25, 0.3) is 0 Å². The molecule has 0 saturated heterocycles. The van der Waals surface area contributed by atoms with Gasteiger partial charge in [-0.05, 0) is 7.05 Å². The molecule has 0 spiro atoms. The van der Waals surface area contributed by atoms with Gasteiger partial charge in [-0.2, -0.15) is 0 Å². The van der Waals surface area contributed by atoms with Gasteiger partial charge in [-0.15, -0.1) is 0 Å². The lowest BCUT2D eigenvalue weighted by atomic mass is 9.49. The van der Waals surface area contributed by atoms with Crippen LogP contribution in [-0.2, 0) is 3.07 Å². The third-order valence-corrected chi connectivity index (χ3v) is 3.73. The highest BCUT2D eigenvalue weighted by Gasteiger charge is 2.61. The minimum absolute atomic E-state index is 0.249. The second-order valence-corrected chi connectivity index (χ2v) is 5.34. The second-order valence-electron chi connectivity index (χ2n) is 4.83. The predicted octanol–water partition coefficient (Wildman–Crippen LogP) is 2.38. The van der Waals surface area contributed by atoms with Crippen LogP contribution in [0.2, 0.25) is 0 Å². The topological polar surface area (TPSA) is 21.3 Å². The van der Waals surface area contributed by atoms with Gasteiger partial charge in [0.05, 0.1) is 6.10 Å². The molecule has 1 fully saturated rings. The van der Waals surface area contributed by atoms with Crippen molar-refractivity contribution in [1.82, 2.24) is 5.32 Å². The van der Waals surface area contributed by atoms with Gasteiger partial charge in [0, 0.05) is 16.9 Å². The molecule has 1 aliphatic carbocycles. The molecule has 1 aliphatic rings. The molecule has 0 amide bonds. The van der Waals surface area contributed by atoms with Crippen molar-refractivity contribution >= 4 is 23.0 Å². The first-order valence-corrected chi connectivity index (χ1v) is 5.21. The van der Waals surface area contributed by atoms with Crippen LogP contribution in [0.15, 0.2) is 0 Å². The van der Waals surface area contributed by atoms with Crippen molar-refractivity contribution in [3.8, 4) is 0 Å². The minimum Gasteiger partial charge on any atom is -0.316 e. The molecule has 12 heavy (non-hydrogen) atoms. The van der Waals surface area contributed by atoms with Crippen LogP contribution in [0.1, 0.15) is 27.7 Å². The monoisotopic (exact) mass is 283 g/mol. The smallest absolute Gasteiger partial charge is 0.110 e. The van der Waals surface area contributed by atoms with E-state index in [2.05, 4.69) is 33.0 Å². The van der Waals surface area contributed by atoms with E-state index in [1.165, 1.54) is 0 Å².